The molecule has 1 heterocycles. The third-order valence-corrected chi connectivity index (χ3v) is 5.47. The number of fused-ring (bicyclic) bond motifs is 1. The highest BCUT2D eigenvalue weighted by Gasteiger charge is 2.48. The van der Waals surface area contributed by atoms with Crippen LogP contribution in [-0.4, -0.2) is 21.2 Å². The number of carbonyl (C=O) groups is 1. The van der Waals surface area contributed by atoms with Crippen LogP contribution in [0.1, 0.15) is 11.1 Å². The van der Waals surface area contributed by atoms with Crippen LogP contribution < -0.4 is 5.43 Å². The van der Waals surface area contributed by atoms with Crippen molar-refractivity contribution in [2.45, 2.75) is 4.87 Å². The number of hydrazone groups is 1. The SMILES string of the molecule is O=C(O)C1(c2ccccc2O)NN=C(c2cccc3ccccc23)S1. The smallest absolute Gasteiger partial charge is 0.346 e. The van der Waals surface area contributed by atoms with Gasteiger partial charge in [-0.1, -0.05) is 72.4 Å². The number of hydrogen-bond acceptors (Lipinski definition) is 5. The van der Waals surface area contributed by atoms with Crippen molar-refractivity contribution in [2.75, 3.05) is 0 Å². The summed E-state index contributed by atoms with van der Waals surface area (Å²) < 4.78 is 0. The van der Waals surface area contributed by atoms with Crippen LogP contribution in [0.3, 0.4) is 0 Å². The van der Waals surface area contributed by atoms with Gasteiger partial charge in [-0.2, -0.15) is 5.10 Å². The van der Waals surface area contributed by atoms with E-state index in [0.717, 1.165) is 28.1 Å². The maximum Gasteiger partial charge on any atom is 0.346 e. The lowest BCUT2D eigenvalue weighted by Gasteiger charge is -2.24. The van der Waals surface area contributed by atoms with Gasteiger partial charge in [-0.15, -0.1) is 0 Å². The van der Waals surface area contributed by atoms with Crippen molar-refractivity contribution in [2.24, 2.45) is 5.10 Å². The van der Waals surface area contributed by atoms with E-state index in [1.165, 1.54) is 6.07 Å². The van der Waals surface area contributed by atoms with E-state index >= 15 is 0 Å². The van der Waals surface area contributed by atoms with Crippen LogP contribution in [0.25, 0.3) is 10.8 Å². The molecule has 6 heteroatoms. The lowest BCUT2D eigenvalue weighted by atomic mass is 10.1. The minimum Gasteiger partial charge on any atom is -0.508 e. The molecular weight excluding hydrogens is 336 g/mol. The highest BCUT2D eigenvalue weighted by molar-refractivity contribution is 8.16. The third kappa shape index (κ3) is 2.42. The van der Waals surface area contributed by atoms with E-state index in [1.807, 2.05) is 42.5 Å². The quantitative estimate of drug-likeness (QED) is 0.674. The van der Waals surface area contributed by atoms with E-state index < -0.39 is 10.8 Å². The highest BCUT2D eigenvalue weighted by Crippen LogP contribution is 2.44. The summed E-state index contributed by atoms with van der Waals surface area (Å²) in [6.07, 6.45) is 0. The Bertz CT molecular complexity index is 1010. The van der Waals surface area contributed by atoms with Crippen LogP contribution in [-0.2, 0) is 9.67 Å². The number of hydrogen-bond donors (Lipinski definition) is 3. The molecule has 0 saturated heterocycles. The Morgan fingerprint density at radius 1 is 1.00 bits per heavy atom. The maximum atomic E-state index is 12.0. The second-order valence-corrected chi connectivity index (χ2v) is 6.86. The van der Waals surface area contributed by atoms with Gasteiger partial charge in [0.25, 0.3) is 0 Å². The number of aromatic hydroxyl groups is 1. The van der Waals surface area contributed by atoms with Gasteiger partial charge in [0.1, 0.15) is 10.8 Å². The average molecular weight is 350 g/mol. The molecule has 3 N–H and O–H groups in total. The summed E-state index contributed by atoms with van der Waals surface area (Å²) in [5.74, 6) is -1.20. The van der Waals surface area contributed by atoms with Crippen molar-refractivity contribution in [3.8, 4) is 5.75 Å². The number of carboxylic acid groups (broad SMARTS) is 1. The normalized spacial score (nSPS) is 19.4. The molecule has 0 amide bonds. The molecule has 0 spiro atoms. The molecular formula is C19H14N2O3S. The molecule has 25 heavy (non-hydrogen) atoms. The van der Waals surface area contributed by atoms with E-state index in [1.54, 1.807) is 18.2 Å². The first kappa shape index (κ1) is 15.5. The van der Waals surface area contributed by atoms with Gasteiger partial charge in [-0.05, 0) is 16.8 Å². The molecule has 4 rings (SSSR count). The van der Waals surface area contributed by atoms with Crippen molar-refractivity contribution in [1.29, 1.82) is 0 Å². The van der Waals surface area contributed by atoms with Gasteiger partial charge < -0.3 is 10.2 Å². The van der Waals surface area contributed by atoms with Gasteiger partial charge in [0, 0.05) is 11.1 Å². The van der Waals surface area contributed by atoms with Gasteiger partial charge >= 0.3 is 5.97 Å². The number of phenolic OH excluding ortho intramolecular Hbond substituents is 1. The minimum atomic E-state index is -1.56. The van der Waals surface area contributed by atoms with Crippen LogP contribution in [0, 0.1) is 0 Å². The first-order valence-corrected chi connectivity index (χ1v) is 8.47. The molecule has 3 aromatic carbocycles. The second kappa shape index (κ2) is 5.82. The van der Waals surface area contributed by atoms with Crippen LogP contribution >= 0.6 is 11.8 Å². The van der Waals surface area contributed by atoms with Crippen LogP contribution in [0.15, 0.2) is 71.8 Å². The Morgan fingerprint density at radius 2 is 1.72 bits per heavy atom. The summed E-state index contributed by atoms with van der Waals surface area (Å²) in [6, 6.07) is 20.1. The molecule has 124 valence electrons. The number of carboxylic acids is 1. The Kier molecular flexibility index (Phi) is 3.62. The first-order valence-electron chi connectivity index (χ1n) is 7.66. The number of rotatable bonds is 3. The van der Waals surface area contributed by atoms with Gasteiger partial charge in [0.05, 0.1) is 0 Å². The van der Waals surface area contributed by atoms with Crippen molar-refractivity contribution in [3.63, 3.8) is 0 Å². The molecule has 0 aromatic heterocycles. The van der Waals surface area contributed by atoms with Gasteiger partial charge in [0.2, 0.25) is 4.87 Å². The molecule has 0 radical (unpaired) electrons. The summed E-state index contributed by atoms with van der Waals surface area (Å²) >= 11 is 1.08. The van der Waals surface area contributed by atoms with Crippen molar-refractivity contribution < 1.29 is 15.0 Å². The molecule has 0 aliphatic carbocycles. The van der Waals surface area contributed by atoms with E-state index in [0.29, 0.717) is 5.04 Å². The highest BCUT2D eigenvalue weighted by atomic mass is 32.2. The van der Waals surface area contributed by atoms with E-state index in [-0.39, 0.29) is 11.3 Å². The fraction of sp³-hybridized carbons (Fsp3) is 0.0526. The number of nitrogens with one attached hydrogen (secondary N) is 1. The Morgan fingerprint density at radius 3 is 2.52 bits per heavy atom. The van der Waals surface area contributed by atoms with Crippen molar-refractivity contribution >= 4 is 33.5 Å². The molecule has 1 aliphatic heterocycles. The maximum absolute atomic E-state index is 12.0. The Labute approximate surface area is 148 Å². The van der Waals surface area contributed by atoms with E-state index in [2.05, 4.69) is 10.5 Å². The lowest BCUT2D eigenvalue weighted by molar-refractivity contribution is -0.141. The predicted molar refractivity (Wildman–Crippen MR) is 98.6 cm³/mol. The summed E-state index contributed by atoms with van der Waals surface area (Å²) in [5, 5.41) is 26.9. The average Bonchev–Trinajstić information content (AvgIpc) is 3.08. The Hall–Kier alpha value is -2.99. The zero-order chi connectivity index (χ0) is 17.4. The largest absolute Gasteiger partial charge is 0.508 e. The van der Waals surface area contributed by atoms with Gasteiger partial charge in [-0.25, -0.2) is 4.79 Å². The molecule has 1 atom stereocenters. The standard InChI is InChI=1S/C19H14N2O3S/c22-16-11-4-3-10-15(16)19(18(23)24)21-20-17(25-19)14-9-5-7-12-6-1-2-8-13(12)14/h1-11,21-22H,(H,23,24). The number of para-hydroxylation sites is 1. The summed E-state index contributed by atoms with van der Waals surface area (Å²) in [7, 11) is 0. The topological polar surface area (TPSA) is 81.9 Å². The number of thioether (sulfide) groups is 1. The monoisotopic (exact) mass is 350 g/mol. The summed E-state index contributed by atoms with van der Waals surface area (Å²) in [4.78, 5) is 10.5. The second-order valence-electron chi connectivity index (χ2n) is 5.66. The number of aliphatic carboxylic acids is 1. The summed E-state index contributed by atoms with van der Waals surface area (Å²) in [5.41, 5.74) is 3.86. The molecule has 0 fully saturated rings. The molecule has 1 aliphatic rings. The van der Waals surface area contributed by atoms with Crippen LogP contribution in [0.4, 0.5) is 0 Å². The van der Waals surface area contributed by atoms with Crippen molar-refractivity contribution in [3.05, 3.63) is 77.9 Å². The zero-order valence-corrected chi connectivity index (χ0v) is 13.8. The lowest BCUT2D eigenvalue weighted by Crippen LogP contribution is -2.41. The van der Waals surface area contributed by atoms with E-state index in [4.69, 9.17) is 0 Å². The minimum absolute atomic E-state index is 0.0840. The fourth-order valence-electron chi connectivity index (χ4n) is 2.94. The third-order valence-electron chi connectivity index (χ3n) is 4.17. The first-order chi connectivity index (χ1) is 12.1. The van der Waals surface area contributed by atoms with E-state index in [9.17, 15) is 15.0 Å². The number of nitrogens with zero attached hydrogens (tertiary/aromatic N) is 1. The number of phenols is 1. The molecule has 1 unspecified atom stereocenters. The molecule has 0 saturated carbocycles. The molecule has 0 bridgehead atoms. The molecule has 5 nitrogen and oxygen atoms in total. The summed E-state index contributed by atoms with van der Waals surface area (Å²) in [6.45, 7) is 0. The fourth-order valence-corrected chi connectivity index (χ4v) is 4.07. The predicted octanol–water partition coefficient (Wildman–Crippen LogP) is 3.48. The number of benzene rings is 3. The molecule has 3 aromatic rings. The van der Waals surface area contributed by atoms with Gasteiger partial charge in [0.15, 0.2) is 0 Å². The van der Waals surface area contributed by atoms with Gasteiger partial charge in [-0.3, -0.25) is 5.43 Å². The van der Waals surface area contributed by atoms with Crippen LogP contribution in [0.5, 0.6) is 5.75 Å². The Balaban J connectivity index is 1.81. The van der Waals surface area contributed by atoms with Crippen molar-refractivity contribution in [1.82, 2.24) is 5.43 Å². The van der Waals surface area contributed by atoms with Crippen LogP contribution in [0.2, 0.25) is 0 Å². The zero-order valence-electron chi connectivity index (χ0n) is 13.0.